The van der Waals surface area contributed by atoms with E-state index in [2.05, 4.69) is 35.2 Å². The number of anilines is 2. The molecular formula is C16H18N2O. The molecule has 0 atom stereocenters. The highest BCUT2D eigenvalue weighted by molar-refractivity contribution is 5.74. The lowest BCUT2D eigenvalue weighted by Gasteiger charge is -2.31. The van der Waals surface area contributed by atoms with Crippen molar-refractivity contribution in [2.24, 2.45) is 0 Å². The fourth-order valence-corrected chi connectivity index (χ4v) is 2.69. The van der Waals surface area contributed by atoms with Gasteiger partial charge in [-0.1, -0.05) is 30.3 Å². The minimum Gasteiger partial charge on any atom is -0.495 e. The summed E-state index contributed by atoms with van der Waals surface area (Å²) in [5.74, 6) is 0.747. The van der Waals surface area contributed by atoms with Gasteiger partial charge in [-0.05, 0) is 29.7 Å². The number of hydrogen-bond donors (Lipinski definition) is 1. The number of nitrogens with two attached hydrogens (primary N) is 1. The van der Waals surface area contributed by atoms with Crippen LogP contribution in [0, 0.1) is 0 Å². The highest BCUT2D eigenvalue weighted by atomic mass is 16.5. The van der Waals surface area contributed by atoms with Crippen LogP contribution in [0.4, 0.5) is 11.4 Å². The number of nitrogen functional groups attached to an aromatic ring is 1. The number of para-hydroxylation sites is 1. The third-order valence-electron chi connectivity index (χ3n) is 3.73. The van der Waals surface area contributed by atoms with Crippen molar-refractivity contribution in [3.05, 3.63) is 53.6 Å². The van der Waals surface area contributed by atoms with Crippen LogP contribution in [-0.2, 0) is 13.0 Å². The van der Waals surface area contributed by atoms with Crippen LogP contribution >= 0.6 is 0 Å². The highest BCUT2D eigenvalue weighted by Gasteiger charge is 2.18. The Hall–Kier alpha value is -2.16. The second kappa shape index (κ2) is 4.84. The molecule has 0 spiro atoms. The zero-order chi connectivity index (χ0) is 13.2. The van der Waals surface area contributed by atoms with Gasteiger partial charge in [0.15, 0.2) is 0 Å². The van der Waals surface area contributed by atoms with Crippen molar-refractivity contribution in [2.75, 3.05) is 24.3 Å². The SMILES string of the molecule is COc1cccc(N2CCc3ccccc3C2)c1N. The molecule has 3 rings (SSSR count). The summed E-state index contributed by atoms with van der Waals surface area (Å²) >= 11 is 0. The van der Waals surface area contributed by atoms with E-state index in [1.165, 1.54) is 11.1 Å². The van der Waals surface area contributed by atoms with Crippen molar-refractivity contribution >= 4 is 11.4 Å². The van der Waals surface area contributed by atoms with E-state index in [1.54, 1.807) is 7.11 Å². The molecule has 0 aromatic heterocycles. The Morgan fingerprint density at radius 2 is 1.84 bits per heavy atom. The van der Waals surface area contributed by atoms with Crippen molar-refractivity contribution in [3.63, 3.8) is 0 Å². The van der Waals surface area contributed by atoms with Crippen molar-refractivity contribution < 1.29 is 4.74 Å². The molecule has 0 bridgehead atoms. The smallest absolute Gasteiger partial charge is 0.143 e. The molecule has 0 saturated carbocycles. The second-order valence-electron chi connectivity index (χ2n) is 4.83. The van der Waals surface area contributed by atoms with Gasteiger partial charge in [0.1, 0.15) is 5.75 Å². The molecule has 0 amide bonds. The predicted molar refractivity (Wildman–Crippen MR) is 78.6 cm³/mol. The summed E-state index contributed by atoms with van der Waals surface area (Å²) in [6.45, 7) is 1.90. The summed E-state index contributed by atoms with van der Waals surface area (Å²) in [6, 6.07) is 14.6. The molecule has 0 saturated heterocycles. The first-order chi connectivity index (χ1) is 9.29. The first-order valence-electron chi connectivity index (χ1n) is 6.54. The quantitative estimate of drug-likeness (QED) is 0.837. The molecule has 98 valence electrons. The van der Waals surface area contributed by atoms with Crippen molar-refractivity contribution in [3.8, 4) is 5.75 Å². The van der Waals surface area contributed by atoms with E-state index in [0.29, 0.717) is 0 Å². The van der Waals surface area contributed by atoms with Gasteiger partial charge in [-0.25, -0.2) is 0 Å². The highest BCUT2D eigenvalue weighted by Crippen LogP contribution is 2.34. The third kappa shape index (κ3) is 2.12. The Morgan fingerprint density at radius 3 is 2.63 bits per heavy atom. The number of hydrogen-bond acceptors (Lipinski definition) is 3. The van der Waals surface area contributed by atoms with Gasteiger partial charge in [0.25, 0.3) is 0 Å². The lowest BCUT2D eigenvalue weighted by atomic mass is 9.99. The lowest BCUT2D eigenvalue weighted by molar-refractivity contribution is 0.417. The Bertz CT molecular complexity index is 595. The number of nitrogens with zero attached hydrogens (tertiary/aromatic N) is 1. The minimum atomic E-state index is 0.726. The number of rotatable bonds is 2. The number of ether oxygens (including phenoxy) is 1. The van der Waals surface area contributed by atoms with Crippen LogP contribution in [0.5, 0.6) is 5.75 Å². The first-order valence-corrected chi connectivity index (χ1v) is 6.54. The fourth-order valence-electron chi connectivity index (χ4n) is 2.69. The first kappa shape index (κ1) is 11.9. The van der Waals surface area contributed by atoms with Gasteiger partial charge in [-0.15, -0.1) is 0 Å². The Balaban J connectivity index is 1.93. The zero-order valence-corrected chi connectivity index (χ0v) is 11.1. The van der Waals surface area contributed by atoms with Crippen LogP contribution in [0.1, 0.15) is 11.1 Å². The molecular weight excluding hydrogens is 236 g/mol. The molecule has 2 aromatic rings. The van der Waals surface area contributed by atoms with Crippen LogP contribution in [0.15, 0.2) is 42.5 Å². The molecule has 0 radical (unpaired) electrons. The summed E-state index contributed by atoms with van der Waals surface area (Å²) in [4.78, 5) is 2.32. The second-order valence-corrected chi connectivity index (χ2v) is 4.83. The van der Waals surface area contributed by atoms with Crippen LogP contribution in [0.25, 0.3) is 0 Å². The van der Waals surface area contributed by atoms with E-state index in [9.17, 15) is 0 Å². The topological polar surface area (TPSA) is 38.5 Å². The van der Waals surface area contributed by atoms with E-state index >= 15 is 0 Å². The van der Waals surface area contributed by atoms with Gasteiger partial charge >= 0.3 is 0 Å². The zero-order valence-electron chi connectivity index (χ0n) is 11.1. The van der Waals surface area contributed by atoms with Crippen LogP contribution in [-0.4, -0.2) is 13.7 Å². The molecule has 3 heteroatoms. The molecule has 2 aromatic carbocycles. The van der Waals surface area contributed by atoms with Crippen LogP contribution in [0.3, 0.4) is 0 Å². The van der Waals surface area contributed by atoms with E-state index in [-0.39, 0.29) is 0 Å². The monoisotopic (exact) mass is 254 g/mol. The number of methoxy groups -OCH3 is 1. The summed E-state index contributed by atoms with van der Waals surface area (Å²) in [5, 5.41) is 0. The molecule has 0 unspecified atom stereocenters. The molecule has 3 nitrogen and oxygen atoms in total. The van der Waals surface area contributed by atoms with Crippen molar-refractivity contribution in [1.82, 2.24) is 0 Å². The van der Waals surface area contributed by atoms with Gasteiger partial charge in [0.2, 0.25) is 0 Å². The van der Waals surface area contributed by atoms with E-state index < -0.39 is 0 Å². The maximum atomic E-state index is 6.18. The van der Waals surface area contributed by atoms with E-state index in [1.807, 2.05) is 12.1 Å². The van der Waals surface area contributed by atoms with Gasteiger partial charge < -0.3 is 15.4 Å². The third-order valence-corrected chi connectivity index (χ3v) is 3.73. The van der Waals surface area contributed by atoms with E-state index in [4.69, 9.17) is 10.5 Å². The van der Waals surface area contributed by atoms with Crippen molar-refractivity contribution in [1.29, 1.82) is 0 Å². The Morgan fingerprint density at radius 1 is 1.05 bits per heavy atom. The Kier molecular flexibility index (Phi) is 3.03. The normalized spacial score (nSPS) is 14.1. The molecule has 1 heterocycles. The standard InChI is InChI=1S/C16H18N2O/c1-19-15-8-4-7-14(16(15)17)18-10-9-12-5-2-3-6-13(12)11-18/h2-8H,9-11,17H2,1H3. The molecule has 0 fully saturated rings. The summed E-state index contributed by atoms with van der Waals surface area (Å²) in [7, 11) is 1.65. The number of fused-ring (bicyclic) bond motifs is 1. The average Bonchev–Trinajstić information content (AvgIpc) is 2.47. The minimum absolute atomic E-state index is 0.726. The van der Waals surface area contributed by atoms with E-state index in [0.717, 1.165) is 36.6 Å². The maximum absolute atomic E-state index is 6.18. The average molecular weight is 254 g/mol. The molecule has 1 aliphatic rings. The largest absolute Gasteiger partial charge is 0.495 e. The van der Waals surface area contributed by atoms with Crippen LogP contribution < -0.4 is 15.4 Å². The lowest BCUT2D eigenvalue weighted by Crippen LogP contribution is -2.30. The molecule has 0 aliphatic carbocycles. The molecule has 1 aliphatic heterocycles. The van der Waals surface area contributed by atoms with Gasteiger partial charge in [-0.2, -0.15) is 0 Å². The van der Waals surface area contributed by atoms with Gasteiger partial charge in [0.05, 0.1) is 18.5 Å². The molecule has 19 heavy (non-hydrogen) atoms. The Labute approximate surface area is 113 Å². The predicted octanol–water partition coefficient (Wildman–Crippen LogP) is 2.84. The summed E-state index contributed by atoms with van der Waals surface area (Å²) in [6.07, 6.45) is 1.06. The summed E-state index contributed by atoms with van der Waals surface area (Å²) in [5.41, 5.74) is 10.8. The maximum Gasteiger partial charge on any atom is 0.143 e. The van der Waals surface area contributed by atoms with Gasteiger partial charge in [-0.3, -0.25) is 0 Å². The number of benzene rings is 2. The van der Waals surface area contributed by atoms with Crippen LogP contribution in [0.2, 0.25) is 0 Å². The summed E-state index contributed by atoms with van der Waals surface area (Å²) < 4.78 is 5.29. The van der Waals surface area contributed by atoms with Crippen molar-refractivity contribution in [2.45, 2.75) is 13.0 Å². The van der Waals surface area contributed by atoms with Gasteiger partial charge in [0, 0.05) is 13.1 Å². The molecule has 2 N–H and O–H groups in total. The fraction of sp³-hybridized carbons (Fsp3) is 0.250.